The van der Waals surface area contributed by atoms with Crippen LogP contribution >= 0.6 is 11.9 Å². The van der Waals surface area contributed by atoms with E-state index in [1.165, 1.54) is 42.5 Å². The van der Waals surface area contributed by atoms with Crippen molar-refractivity contribution in [1.29, 1.82) is 0 Å². The Morgan fingerprint density at radius 2 is 1.82 bits per heavy atom. The maximum absolute atomic E-state index is 13.9. The van der Waals surface area contributed by atoms with E-state index >= 15 is 0 Å². The van der Waals surface area contributed by atoms with E-state index in [4.69, 9.17) is 4.42 Å². The van der Waals surface area contributed by atoms with Gasteiger partial charge in [-0.15, -0.1) is 0 Å². The maximum Gasteiger partial charge on any atom is 0.416 e. The number of halogens is 4. The van der Waals surface area contributed by atoms with Crippen molar-refractivity contribution >= 4 is 23.8 Å². The molecule has 0 amide bonds. The highest BCUT2D eigenvalue weighted by Crippen LogP contribution is 2.48. The number of benzene rings is 2. The molecule has 2 aromatic carbocycles. The minimum absolute atomic E-state index is 0.147. The van der Waals surface area contributed by atoms with E-state index in [1.807, 2.05) is 10.4 Å². The Morgan fingerprint density at radius 3 is 2.50 bits per heavy atom. The summed E-state index contributed by atoms with van der Waals surface area (Å²) in [5, 5.41) is 4.53. The Kier molecular flexibility index (Phi) is 6.03. The Morgan fingerprint density at radius 1 is 1.05 bits per heavy atom. The number of nitrogens with zero attached hydrogens (tertiary/aromatic N) is 3. The molecule has 0 spiro atoms. The van der Waals surface area contributed by atoms with E-state index in [0.29, 0.717) is 36.5 Å². The molecule has 1 fully saturated rings. The molecule has 6 rings (SSSR count). The number of ketones is 1. The predicted octanol–water partition coefficient (Wildman–Crippen LogP) is 6.85. The predicted molar refractivity (Wildman–Crippen MR) is 134 cm³/mol. The minimum Gasteiger partial charge on any atom is -0.461 e. The maximum atomic E-state index is 13.9. The molecule has 2 aromatic heterocycles. The molecule has 4 aromatic rings. The largest absolute Gasteiger partial charge is 0.461 e. The molecule has 1 atom stereocenters. The Hall–Kier alpha value is -3.63. The van der Waals surface area contributed by atoms with Crippen LogP contribution in [0.1, 0.15) is 33.8 Å². The molecular formula is C28H21F4N3O2S. The van der Waals surface area contributed by atoms with E-state index in [1.54, 1.807) is 35.1 Å². The molecule has 5 nitrogen and oxygen atoms in total. The smallest absolute Gasteiger partial charge is 0.416 e. The van der Waals surface area contributed by atoms with Gasteiger partial charge in [0, 0.05) is 18.0 Å². The third kappa shape index (κ3) is 4.37. The lowest BCUT2D eigenvalue weighted by atomic mass is 9.65. The topological polar surface area (TPSA) is 51.3 Å². The van der Waals surface area contributed by atoms with Crippen LogP contribution in [0.2, 0.25) is 0 Å². The van der Waals surface area contributed by atoms with Crippen LogP contribution in [0.25, 0.3) is 11.8 Å². The second-order valence-corrected chi connectivity index (χ2v) is 10.6. The highest BCUT2D eigenvalue weighted by atomic mass is 32.2. The summed E-state index contributed by atoms with van der Waals surface area (Å²) in [6.07, 6.45) is 1.76. The van der Waals surface area contributed by atoms with Crippen LogP contribution in [0.15, 0.2) is 88.0 Å². The van der Waals surface area contributed by atoms with Gasteiger partial charge in [0.05, 0.1) is 34.8 Å². The first kappa shape index (κ1) is 24.7. The number of furan rings is 1. The average molecular weight is 540 g/mol. The Bertz CT molecular complexity index is 1510. The van der Waals surface area contributed by atoms with Gasteiger partial charge in [-0.05, 0) is 97.1 Å². The Labute approximate surface area is 219 Å². The van der Waals surface area contributed by atoms with Crippen molar-refractivity contribution < 1.29 is 26.8 Å². The molecule has 1 aliphatic heterocycles. The fraction of sp³-hybridized carbons (Fsp3) is 0.214. The van der Waals surface area contributed by atoms with Gasteiger partial charge in [-0.2, -0.15) is 18.3 Å². The van der Waals surface area contributed by atoms with E-state index in [-0.39, 0.29) is 17.4 Å². The molecule has 0 bridgehead atoms. The van der Waals surface area contributed by atoms with Crippen LogP contribution in [0.4, 0.5) is 17.6 Å². The number of fused-ring (bicyclic) bond motifs is 2. The van der Waals surface area contributed by atoms with Crippen LogP contribution in [0.3, 0.4) is 0 Å². The minimum atomic E-state index is -4.40. The van der Waals surface area contributed by atoms with Gasteiger partial charge in [0.25, 0.3) is 0 Å². The first-order valence-corrected chi connectivity index (χ1v) is 12.7. The number of Topliss-reactive ketones (excluding diaryl/α,β-unsaturated/α-hetero) is 1. The number of carbonyl (C=O) groups excluding carboxylic acids is 1. The van der Waals surface area contributed by atoms with Gasteiger partial charge < -0.3 is 4.42 Å². The molecule has 0 N–H and O–H groups in total. The summed E-state index contributed by atoms with van der Waals surface area (Å²) in [4.78, 5) is 14.6. The van der Waals surface area contributed by atoms with Gasteiger partial charge in [-0.25, -0.2) is 13.4 Å². The third-order valence-corrected chi connectivity index (χ3v) is 8.10. The quantitative estimate of drug-likeness (QED) is 0.158. The van der Waals surface area contributed by atoms with Gasteiger partial charge >= 0.3 is 6.18 Å². The van der Waals surface area contributed by atoms with Crippen LogP contribution in [0, 0.1) is 11.2 Å². The molecule has 3 heterocycles. The van der Waals surface area contributed by atoms with Crippen LogP contribution in [-0.4, -0.2) is 33.0 Å². The van der Waals surface area contributed by atoms with Crippen molar-refractivity contribution in [2.45, 2.75) is 23.9 Å². The third-order valence-electron chi connectivity index (χ3n) is 7.05. The Balaban J connectivity index is 1.34. The second kappa shape index (κ2) is 9.28. The van der Waals surface area contributed by atoms with E-state index in [0.717, 1.165) is 29.0 Å². The SMILES string of the molecule is O=C(c1ccco1)C12Cc3cnn(-c4ccc(F)cc4)c3C=C1CCN(Sc1ccc(C(F)(F)F)cc1)C2. The summed E-state index contributed by atoms with van der Waals surface area (Å²) in [5.41, 5.74) is 1.76. The van der Waals surface area contributed by atoms with Gasteiger partial charge in [0.1, 0.15) is 5.82 Å². The summed E-state index contributed by atoms with van der Waals surface area (Å²) in [5.74, 6) is -0.229. The summed E-state index contributed by atoms with van der Waals surface area (Å²) in [6, 6.07) is 14.4. The molecule has 10 heteroatoms. The fourth-order valence-electron chi connectivity index (χ4n) is 5.18. The number of carbonyl (C=O) groups is 1. The van der Waals surface area contributed by atoms with Gasteiger partial charge in [-0.3, -0.25) is 4.79 Å². The summed E-state index contributed by atoms with van der Waals surface area (Å²) in [6.45, 7) is 0.954. The van der Waals surface area contributed by atoms with E-state index in [2.05, 4.69) is 5.10 Å². The molecule has 1 saturated heterocycles. The number of hydrogen-bond acceptors (Lipinski definition) is 5. The lowest BCUT2D eigenvalue weighted by Gasteiger charge is -2.44. The normalized spacial score (nSPS) is 19.5. The zero-order valence-corrected chi connectivity index (χ0v) is 20.7. The van der Waals surface area contributed by atoms with Crippen molar-refractivity contribution in [3.8, 4) is 5.69 Å². The number of alkyl halides is 3. The first-order chi connectivity index (χ1) is 18.2. The number of aromatic nitrogens is 2. The first-order valence-electron chi connectivity index (χ1n) is 12.0. The van der Waals surface area contributed by atoms with Crippen molar-refractivity contribution in [3.63, 3.8) is 0 Å². The van der Waals surface area contributed by atoms with Gasteiger partial charge in [-0.1, -0.05) is 5.57 Å². The lowest BCUT2D eigenvalue weighted by Crippen LogP contribution is -2.49. The standard InChI is InChI=1S/C28H21F4N3O2S/c29-21-5-7-22(8-6-21)35-24-14-20-11-12-34(38-23-9-3-19(4-10-23)28(30,31)32)17-27(20,15-18(24)16-33-35)26(36)25-2-1-13-37-25/h1-10,13-14,16H,11-12,15,17H2. The molecule has 2 aliphatic rings. The lowest BCUT2D eigenvalue weighted by molar-refractivity contribution is -0.137. The second-order valence-electron chi connectivity index (χ2n) is 9.41. The van der Waals surface area contributed by atoms with Crippen LogP contribution < -0.4 is 0 Å². The number of piperidine rings is 1. The molecular weight excluding hydrogens is 518 g/mol. The summed E-state index contributed by atoms with van der Waals surface area (Å²) in [7, 11) is 0. The van der Waals surface area contributed by atoms with Crippen molar-refractivity contribution in [3.05, 3.63) is 107 Å². The monoisotopic (exact) mass is 539 g/mol. The fourth-order valence-corrected chi connectivity index (χ4v) is 6.20. The van der Waals surface area contributed by atoms with Crippen molar-refractivity contribution in [2.75, 3.05) is 13.1 Å². The summed E-state index contributed by atoms with van der Waals surface area (Å²) < 4.78 is 61.7. The zero-order valence-electron chi connectivity index (χ0n) is 19.9. The number of hydrogen-bond donors (Lipinski definition) is 0. The van der Waals surface area contributed by atoms with Gasteiger partial charge in [0.15, 0.2) is 5.76 Å². The molecule has 1 aliphatic carbocycles. The van der Waals surface area contributed by atoms with Gasteiger partial charge in [0.2, 0.25) is 5.78 Å². The zero-order chi connectivity index (χ0) is 26.5. The highest BCUT2D eigenvalue weighted by molar-refractivity contribution is 7.97. The number of rotatable bonds is 5. The van der Waals surface area contributed by atoms with Crippen LogP contribution in [-0.2, 0) is 12.6 Å². The molecule has 0 radical (unpaired) electrons. The summed E-state index contributed by atoms with van der Waals surface area (Å²) >= 11 is 1.34. The molecule has 0 saturated carbocycles. The molecule has 1 unspecified atom stereocenters. The van der Waals surface area contributed by atoms with E-state index < -0.39 is 17.2 Å². The molecule has 194 valence electrons. The van der Waals surface area contributed by atoms with E-state index in [9.17, 15) is 22.4 Å². The highest BCUT2D eigenvalue weighted by Gasteiger charge is 2.50. The van der Waals surface area contributed by atoms with Crippen LogP contribution in [0.5, 0.6) is 0 Å². The average Bonchev–Trinajstić information content (AvgIpc) is 3.57. The van der Waals surface area contributed by atoms with Crippen molar-refractivity contribution in [1.82, 2.24) is 14.1 Å². The van der Waals surface area contributed by atoms with Crippen molar-refractivity contribution in [2.24, 2.45) is 5.41 Å². The molecule has 38 heavy (non-hydrogen) atoms.